The summed E-state index contributed by atoms with van der Waals surface area (Å²) in [5, 5.41) is 7.52. The largest absolute Gasteiger partial charge is 0.464 e. The Morgan fingerprint density at radius 1 is 1.21 bits per heavy atom. The van der Waals surface area contributed by atoms with Crippen LogP contribution < -0.4 is 5.32 Å². The van der Waals surface area contributed by atoms with Gasteiger partial charge in [0.1, 0.15) is 0 Å². The van der Waals surface area contributed by atoms with Gasteiger partial charge in [-0.25, -0.2) is 9.48 Å². The Kier molecular flexibility index (Phi) is 6.86. The van der Waals surface area contributed by atoms with E-state index < -0.39 is 12.0 Å². The van der Waals surface area contributed by atoms with Gasteiger partial charge in [0, 0.05) is 17.7 Å². The highest BCUT2D eigenvalue weighted by Gasteiger charge is 2.30. The number of aromatic nitrogens is 2. The molecule has 1 amide bonds. The molecule has 0 fully saturated rings. The monoisotopic (exact) mass is 395 g/mol. The first-order valence-electron chi connectivity index (χ1n) is 10.3. The Hall–Kier alpha value is -2.89. The molecule has 29 heavy (non-hydrogen) atoms. The van der Waals surface area contributed by atoms with Gasteiger partial charge in [-0.3, -0.25) is 4.79 Å². The molecule has 0 saturated carbocycles. The number of rotatable bonds is 7. The van der Waals surface area contributed by atoms with E-state index in [0.29, 0.717) is 17.7 Å². The Labute approximate surface area is 171 Å². The molecule has 1 atom stereocenters. The van der Waals surface area contributed by atoms with E-state index in [1.54, 1.807) is 11.6 Å². The van der Waals surface area contributed by atoms with Gasteiger partial charge in [-0.1, -0.05) is 29.8 Å². The standard InChI is InChI=1S/C23H29N3O3/c1-4-29-23(28)22(24-20(27)15-18-11-7-5-8-12-18)21-16(2)25-26(17(21)3)19-13-9-6-10-14-19/h6,9-11,13-14,22H,4-5,7-8,12,15H2,1-3H3,(H,24,27)/t22-/m1/s1. The number of para-hydroxylation sites is 1. The van der Waals surface area contributed by atoms with Crippen LogP contribution in [0.4, 0.5) is 0 Å². The van der Waals surface area contributed by atoms with Crippen LogP contribution in [0, 0.1) is 13.8 Å². The maximum absolute atomic E-state index is 12.7. The smallest absolute Gasteiger partial charge is 0.333 e. The number of carbonyl (C=O) groups excluding carboxylic acids is 2. The maximum atomic E-state index is 12.7. The lowest BCUT2D eigenvalue weighted by molar-refractivity contribution is -0.147. The highest BCUT2D eigenvalue weighted by Crippen LogP contribution is 2.26. The second-order valence-electron chi connectivity index (χ2n) is 7.37. The number of amides is 1. The van der Waals surface area contributed by atoms with Crippen molar-refractivity contribution in [3.05, 3.63) is 58.9 Å². The summed E-state index contributed by atoms with van der Waals surface area (Å²) in [5.41, 5.74) is 4.24. The summed E-state index contributed by atoms with van der Waals surface area (Å²) in [4.78, 5) is 25.4. The van der Waals surface area contributed by atoms with Gasteiger partial charge in [-0.2, -0.15) is 5.10 Å². The lowest BCUT2D eigenvalue weighted by atomic mass is 9.96. The predicted molar refractivity (Wildman–Crippen MR) is 112 cm³/mol. The first kappa shape index (κ1) is 20.8. The average molecular weight is 396 g/mol. The third kappa shape index (κ3) is 4.94. The lowest BCUT2D eigenvalue weighted by Crippen LogP contribution is -2.35. The molecule has 0 saturated heterocycles. The van der Waals surface area contributed by atoms with Crippen molar-refractivity contribution in [1.82, 2.24) is 15.1 Å². The van der Waals surface area contributed by atoms with Crippen molar-refractivity contribution < 1.29 is 14.3 Å². The zero-order valence-electron chi connectivity index (χ0n) is 17.4. The molecule has 0 spiro atoms. The summed E-state index contributed by atoms with van der Waals surface area (Å²) in [6, 6.07) is 8.86. The first-order valence-corrected chi connectivity index (χ1v) is 10.3. The van der Waals surface area contributed by atoms with Gasteiger partial charge in [0.05, 0.1) is 18.0 Å². The van der Waals surface area contributed by atoms with E-state index >= 15 is 0 Å². The van der Waals surface area contributed by atoms with Crippen LogP contribution >= 0.6 is 0 Å². The summed E-state index contributed by atoms with van der Waals surface area (Å²) in [6.07, 6.45) is 6.72. The molecule has 0 bridgehead atoms. The van der Waals surface area contributed by atoms with E-state index in [1.807, 2.05) is 44.2 Å². The number of aryl methyl sites for hydroxylation is 1. The highest BCUT2D eigenvalue weighted by atomic mass is 16.5. The number of carbonyl (C=O) groups is 2. The van der Waals surface area contributed by atoms with Gasteiger partial charge >= 0.3 is 5.97 Å². The second-order valence-corrected chi connectivity index (χ2v) is 7.37. The van der Waals surface area contributed by atoms with Crippen LogP contribution in [0.5, 0.6) is 0 Å². The molecule has 0 aliphatic heterocycles. The van der Waals surface area contributed by atoms with Gasteiger partial charge in [0.25, 0.3) is 0 Å². The fraction of sp³-hybridized carbons (Fsp3) is 0.435. The summed E-state index contributed by atoms with van der Waals surface area (Å²) in [6.45, 7) is 5.77. The first-order chi connectivity index (χ1) is 14.0. The minimum Gasteiger partial charge on any atom is -0.464 e. The molecule has 1 aliphatic rings. The van der Waals surface area contributed by atoms with E-state index in [4.69, 9.17) is 4.74 Å². The van der Waals surface area contributed by atoms with E-state index in [1.165, 1.54) is 6.42 Å². The van der Waals surface area contributed by atoms with E-state index in [2.05, 4.69) is 16.5 Å². The fourth-order valence-electron chi connectivity index (χ4n) is 3.85. The lowest BCUT2D eigenvalue weighted by Gasteiger charge is -2.19. The molecule has 154 valence electrons. The predicted octanol–water partition coefficient (Wildman–Crippen LogP) is 4.10. The summed E-state index contributed by atoms with van der Waals surface area (Å²) < 4.78 is 7.07. The molecular formula is C23H29N3O3. The molecule has 1 aromatic carbocycles. The fourth-order valence-corrected chi connectivity index (χ4v) is 3.85. The topological polar surface area (TPSA) is 73.2 Å². The van der Waals surface area contributed by atoms with Crippen molar-refractivity contribution in [2.45, 2.75) is 58.9 Å². The van der Waals surface area contributed by atoms with Crippen molar-refractivity contribution in [3.63, 3.8) is 0 Å². The minimum absolute atomic E-state index is 0.164. The van der Waals surface area contributed by atoms with E-state index in [0.717, 1.165) is 36.2 Å². The van der Waals surface area contributed by atoms with Crippen LogP contribution in [0.25, 0.3) is 5.69 Å². The van der Waals surface area contributed by atoms with Crippen molar-refractivity contribution in [2.24, 2.45) is 0 Å². The maximum Gasteiger partial charge on any atom is 0.333 e. The minimum atomic E-state index is -0.871. The summed E-state index contributed by atoms with van der Waals surface area (Å²) in [7, 11) is 0. The number of ether oxygens (including phenoxy) is 1. The van der Waals surface area contributed by atoms with E-state index in [-0.39, 0.29) is 12.5 Å². The molecule has 1 N–H and O–H groups in total. The van der Waals surface area contributed by atoms with Crippen LogP contribution in [0.3, 0.4) is 0 Å². The highest BCUT2D eigenvalue weighted by molar-refractivity contribution is 5.87. The second kappa shape index (κ2) is 9.54. The van der Waals surface area contributed by atoms with Gasteiger partial charge in [0.2, 0.25) is 5.91 Å². The molecule has 2 aromatic rings. The number of benzene rings is 1. The molecule has 1 aliphatic carbocycles. The zero-order valence-corrected chi connectivity index (χ0v) is 17.4. The van der Waals surface area contributed by atoms with E-state index in [9.17, 15) is 9.59 Å². The molecule has 3 rings (SSSR count). The SMILES string of the molecule is CCOC(=O)[C@H](NC(=O)CC1=CCCCC1)c1c(C)nn(-c2ccccc2)c1C. The van der Waals surface area contributed by atoms with Crippen LogP contribution in [0.1, 0.15) is 62.0 Å². The number of hydrogen-bond acceptors (Lipinski definition) is 4. The number of nitrogens with zero attached hydrogens (tertiary/aromatic N) is 2. The number of hydrogen-bond donors (Lipinski definition) is 1. The molecule has 0 unspecified atom stereocenters. The Bertz CT molecular complexity index is 900. The van der Waals surface area contributed by atoms with Crippen molar-refractivity contribution >= 4 is 11.9 Å². The summed E-state index contributed by atoms with van der Waals surface area (Å²) in [5.74, 6) is -0.625. The number of allylic oxidation sites excluding steroid dienone is 1. The molecule has 0 radical (unpaired) electrons. The molecule has 1 aromatic heterocycles. The Morgan fingerprint density at radius 2 is 1.97 bits per heavy atom. The zero-order chi connectivity index (χ0) is 20.8. The molecular weight excluding hydrogens is 366 g/mol. The quantitative estimate of drug-likeness (QED) is 0.566. The van der Waals surface area contributed by atoms with Crippen LogP contribution in [-0.4, -0.2) is 28.3 Å². The molecule has 6 nitrogen and oxygen atoms in total. The number of esters is 1. The number of nitrogens with one attached hydrogen (secondary N) is 1. The van der Waals surface area contributed by atoms with Crippen LogP contribution in [-0.2, 0) is 14.3 Å². The third-order valence-electron chi connectivity index (χ3n) is 5.24. The third-order valence-corrected chi connectivity index (χ3v) is 5.24. The van der Waals surface area contributed by atoms with Crippen LogP contribution in [0.15, 0.2) is 42.0 Å². The Balaban J connectivity index is 1.89. The average Bonchev–Trinajstić information content (AvgIpc) is 3.02. The van der Waals surface area contributed by atoms with Crippen LogP contribution in [0.2, 0.25) is 0 Å². The summed E-state index contributed by atoms with van der Waals surface area (Å²) >= 11 is 0. The van der Waals surface area contributed by atoms with Gasteiger partial charge < -0.3 is 10.1 Å². The van der Waals surface area contributed by atoms with Gasteiger partial charge in [-0.15, -0.1) is 0 Å². The van der Waals surface area contributed by atoms with Gasteiger partial charge in [0.15, 0.2) is 6.04 Å². The Morgan fingerprint density at radius 3 is 2.62 bits per heavy atom. The van der Waals surface area contributed by atoms with Crippen molar-refractivity contribution in [1.29, 1.82) is 0 Å². The normalized spacial score (nSPS) is 14.8. The van der Waals surface area contributed by atoms with Gasteiger partial charge in [-0.05, 0) is 58.6 Å². The van der Waals surface area contributed by atoms with Crippen molar-refractivity contribution in [3.8, 4) is 5.69 Å². The molecule has 1 heterocycles. The molecule has 6 heteroatoms. The van der Waals surface area contributed by atoms with Crippen molar-refractivity contribution in [2.75, 3.05) is 6.61 Å².